The molecule has 0 unspecified atom stereocenters. The summed E-state index contributed by atoms with van der Waals surface area (Å²) >= 11 is 0. The maximum atomic E-state index is 12.6. The lowest BCUT2D eigenvalue weighted by Gasteiger charge is -2.05. The van der Waals surface area contributed by atoms with E-state index in [0.29, 0.717) is 6.54 Å². The van der Waals surface area contributed by atoms with Gasteiger partial charge in [-0.05, 0) is 25.0 Å². The van der Waals surface area contributed by atoms with E-state index in [-0.39, 0.29) is 22.8 Å². The molecule has 3 aromatic rings. The van der Waals surface area contributed by atoms with Crippen molar-refractivity contribution in [1.29, 1.82) is 0 Å². The van der Waals surface area contributed by atoms with Crippen LogP contribution in [0.1, 0.15) is 19.4 Å². The van der Waals surface area contributed by atoms with Crippen molar-refractivity contribution in [2.24, 2.45) is 5.92 Å². The smallest absolute Gasteiger partial charge is 0.280 e. The molecular formula is C16H18N4O2. The Labute approximate surface area is 127 Å². The van der Waals surface area contributed by atoms with Crippen LogP contribution in [0.3, 0.4) is 0 Å². The summed E-state index contributed by atoms with van der Waals surface area (Å²) in [4.78, 5) is 24.8. The molecule has 0 fully saturated rings. The van der Waals surface area contributed by atoms with Crippen molar-refractivity contribution < 1.29 is 0 Å². The first-order valence-electron chi connectivity index (χ1n) is 7.25. The maximum Gasteiger partial charge on any atom is 0.350 e. The largest absolute Gasteiger partial charge is 0.350 e. The summed E-state index contributed by atoms with van der Waals surface area (Å²) < 4.78 is 4.15. The number of aryl methyl sites for hydroxylation is 1. The van der Waals surface area contributed by atoms with Crippen LogP contribution in [0.4, 0.5) is 0 Å². The minimum absolute atomic E-state index is 0.147. The number of hydrogen-bond donors (Lipinski definition) is 0. The second kappa shape index (κ2) is 5.29. The van der Waals surface area contributed by atoms with E-state index < -0.39 is 0 Å². The number of benzene rings is 1. The minimum atomic E-state index is -0.300. The van der Waals surface area contributed by atoms with Crippen LogP contribution in [0.5, 0.6) is 0 Å². The average Bonchev–Trinajstić information content (AvgIpc) is 2.78. The summed E-state index contributed by atoms with van der Waals surface area (Å²) in [5.74, 6) is 0.280. The van der Waals surface area contributed by atoms with E-state index in [4.69, 9.17) is 0 Å². The van der Waals surface area contributed by atoms with Gasteiger partial charge >= 0.3 is 11.2 Å². The molecule has 0 bridgehead atoms. The van der Waals surface area contributed by atoms with E-state index >= 15 is 0 Å². The zero-order valence-corrected chi connectivity index (χ0v) is 12.9. The zero-order chi connectivity index (χ0) is 15.9. The molecular weight excluding hydrogens is 280 g/mol. The maximum absolute atomic E-state index is 12.6. The first-order valence-corrected chi connectivity index (χ1v) is 7.25. The van der Waals surface area contributed by atoms with E-state index in [9.17, 15) is 9.59 Å². The molecule has 2 aromatic heterocycles. The van der Waals surface area contributed by atoms with Gasteiger partial charge in [-0.3, -0.25) is 9.36 Å². The summed E-state index contributed by atoms with van der Waals surface area (Å²) in [5.41, 5.74) is 1.44. The molecule has 0 saturated heterocycles. The molecule has 2 heterocycles. The highest BCUT2D eigenvalue weighted by molar-refractivity contribution is 5.40. The van der Waals surface area contributed by atoms with Crippen LogP contribution in [-0.4, -0.2) is 18.7 Å². The fourth-order valence-electron chi connectivity index (χ4n) is 2.38. The van der Waals surface area contributed by atoms with Gasteiger partial charge in [0.2, 0.25) is 5.65 Å². The number of rotatable bonds is 3. The Bertz CT molecular complexity index is 929. The van der Waals surface area contributed by atoms with Gasteiger partial charge in [0.1, 0.15) is 0 Å². The van der Waals surface area contributed by atoms with E-state index in [1.165, 1.54) is 13.6 Å². The van der Waals surface area contributed by atoms with Gasteiger partial charge in [0.25, 0.3) is 0 Å². The summed E-state index contributed by atoms with van der Waals surface area (Å²) in [5, 5.41) is 4.19. The van der Waals surface area contributed by atoms with Crippen molar-refractivity contribution in [1.82, 2.24) is 18.7 Å². The lowest BCUT2D eigenvalue weighted by Crippen LogP contribution is -2.25. The Morgan fingerprint density at radius 1 is 1.09 bits per heavy atom. The van der Waals surface area contributed by atoms with Gasteiger partial charge in [-0.25, -0.2) is 13.9 Å². The van der Waals surface area contributed by atoms with Crippen LogP contribution in [-0.2, 0) is 6.54 Å². The third-order valence-corrected chi connectivity index (χ3v) is 3.50. The van der Waals surface area contributed by atoms with Gasteiger partial charge in [0, 0.05) is 24.6 Å². The molecule has 22 heavy (non-hydrogen) atoms. The predicted octanol–water partition coefficient (Wildman–Crippen LogP) is 1.61. The Morgan fingerprint density at radius 3 is 2.41 bits per heavy atom. The molecule has 6 heteroatoms. The molecule has 0 aliphatic rings. The first kappa shape index (κ1) is 14.3. The molecule has 0 saturated carbocycles. The molecule has 6 nitrogen and oxygen atoms in total. The molecule has 114 valence electrons. The summed E-state index contributed by atoms with van der Waals surface area (Å²) in [6.45, 7) is 6.48. The molecule has 0 spiro atoms. The second-order valence-corrected chi connectivity index (χ2v) is 5.86. The quantitative estimate of drug-likeness (QED) is 0.738. The SMILES string of the molecule is Cc1ccc(-n2ccn3c(=O)n(CC(C)C)nc3c2=O)cc1. The Hall–Kier alpha value is -2.63. The molecule has 1 aromatic carbocycles. The standard InChI is InChI=1S/C16H18N4O2/c1-11(2)10-20-16(22)19-9-8-18(15(21)14(19)17-20)13-6-4-12(3)5-7-13/h4-9,11H,10H2,1-3H3. The van der Waals surface area contributed by atoms with Crippen molar-refractivity contribution in [3.8, 4) is 5.69 Å². The van der Waals surface area contributed by atoms with Crippen molar-refractivity contribution in [2.75, 3.05) is 0 Å². The van der Waals surface area contributed by atoms with E-state index in [2.05, 4.69) is 5.10 Å². The van der Waals surface area contributed by atoms with E-state index in [1.807, 2.05) is 45.0 Å². The van der Waals surface area contributed by atoms with E-state index in [0.717, 1.165) is 11.3 Å². The summed E-state index contributed by atoms with van der Waals surface area (Å²) in [6, 6.07) is 7.62. The summed E-state index contributed by atoms with van der Waals surface area (Å²) in [7, 11) is 0. The topological polar surface area (TPSA) is 61.3 Å². The van der Waals surface area contributed by atoms with Crippen molar-refractivity contribution >= 4 is 5.65 Å². The fourth-order valence-corrected chi connectivity index (χ4v) is 2.38. The molecule has 0 amide bonds. The highest BCUT2D eigenvalue weighted by Gasteiger charge is 2.13. The zero-order valence-electron chi connectivity index (χ0n) is 12.9. The number of fused-ring (bicyclic) bond motifs is 1. The fraction of sp³-hybridized carbons (Fsp3) is 0.312. The van der Waals surface area contributed by atoms with Gasteiger partial charge in [-0.15, -0.1) is 5.10 Å². The van der Waals surface area contributed by atoms with Crippen LogP contribution in [0.15, 0.2) is 46.2 Å². The highest BCUT2D eigenvalue weighted by atomic mass is 16.2. The van der Waals surface area contributed by atoms with Gasteiger partial charge in [-0.1, -0.05) is 31.5 Å². The molecule has 0 radical (unpaired) electrons. The lowest BCUT2D eigenvalue weighted by molar-refractivity contribution is 0.471. The minimum Gasteiger partial charge on any atom is -0.280 e. The van der Waals surface area contributed by atoms with Crippen LogP contribution < -0.4 is 11.2 Å². The van der Waals surface area contributed by atoms with E-state index in [1.54, 1.807) is 12.4 Å². The van der Waals surface area contributed by atoms with Crippen LogP contribution in [0.25, 0.3) is 11.3 Å². The highest BCUT2D eigenvalue weighted by Crippen LogP contribution is 2.07. The predicted molar refractivity (Wildman–Crippen MR) is 84.6 cm³/mol. The summed E-state index contributed by atoms with van der Waals surface area (Å²) in [6.07, 6.45) is 3.19. The average molecular weight is 298 g/mol. The first-order chi connectivity index (χ1) is 10.5. The molecule has 0 aliphatic heterocycles. The van der Waals surface area contributed by atoms with Crippen LogP contribution in [0.2, 0.25) is 0 Å². The van der Waals surface area contributed by atoms with Crippen LogP contribution >= 0.6 is 0 Å². The van der Waals surface area contributed by atoms with Crippen molar-refractivity contribution in [2.45, 2.75) is 27.3 Å². The normalized spacial score (nSPS) is 11.5. The molecule has 0 N–H and O–H groups in total. The third kappa shape index (κ3) is 2.36. The second-order valence-electron chi connectivity index (χ2n) is 5.86. The molecule has 0 aliphatic carbocycles. The number of nitrogens with zero attached hydrogens (tertiary/aromatic N) is 4. The third-order valence-electron chi connectivity index (χ3n) is 3.50. The molecule has 3 rings (SSSR count). The molecule has 0 atom stereocenters. The lowest BCUT2D eigenvalue weighted by atomic mass is 10.2. The van der Waals surface area contributed by atoms with Crippen molar-refractivity contribution in [3.63, 3.8) is 0 Å². The Kier molecular flexibility index (Phi) is 3.44. The monoisotopic (exact) mass is 298 g/mol. The van der Waals surface area contributed by atoms with Crippen LogP contribution in [0, 0.1) is 12.8 Å². The van der Waals surface area contributed by atoms with Gasteiger partial charge in [0.15, 0.2) is 0 Å². The van der Waals surface area contributed by atoms with Crippen molar-refractivity contribution in [3.05, 3.63) is 63.1 Å². The Balaban J connectivity index is 2.20. The Morgan fingerprint density at radius 2 is 1.77 bits per heavy atom. The number of hydrogen-bond acceptors (Lipinski definition) is 3. The van der Waals surface area contributed by atoms with Gasteiger partial charge < -0.3 is 0 Å². The number of aromatic nitrogens is 4. The van der Waals surface area contributed by atoms with Gasteiger partial charge in [0.05, 0.1) is 0 Å². The van der Waals surface area contributed by atoms with Gasteiger partial charge in [-0.2, -0.15) is 0 Å².